The molecule has 196 valence electrons. The molecule has 0 aliphatic rings. The molecule has 0 spiro atoms. The van der Waals surface area contributed by atoms with Crippen molar-refractivity contribution in [3.63, 3.8) is 0 Å². The maximum Gasteiger partial charge on any atom is 0.200 e. The van der Waals surface area contributed by atoms with Gasteiger partial charge in [-0.25, -0.2) is 19.3 Å². The lowest BCUT2D eigenvalue weighted by atomic mass is 10.1. The first-order valence-electron chi connectivity index (χ1n) is 12.5. The van der Waals surface area contributed by atoms with E-state index in [1.807, 2.05) is 12.3 Å². The van der Waals surface area contributed by atoms with Crippen LogP contribution in [0, 0.1) is 5.82 Å². The topological polar surface area (TPSA) is 62.1 Å². The lowest BCUT2D eigenvalue weighted by Gasteiger charge is -2.42. The van der Waals surface area contributed by atoms with Crippen LogP contribution >= 0.6 is 11.8 Å². The second-order valence-corrected chi connectivity index (χ2v) is 16.2. The van der Waals surface area contributed by atoms with Gasteiger partial charge in [-0.3, -0.25) is 0 Å². The molecule has 0 aliphatic carbocycles. The second kappa shape index (κ2) is 12.4. The van der Waals surface area contributed by atoms with Crippen molar-refractivity contribution in [3.05, 3.63) is 48.2 Å². The fourth-order valence-electron chi connectivity index (χ4n) is 5.42. The molecule has 0 atom stereocenters. The molecule has 3 rings (SSSR count). The third-order valence-electron chi connectivity index (χ3n) is 6.87. The summed E-state index contributed by atoms with van der Waals surface area (Å²) in [5.74, 6) is 0.573. The zero-order valence-corrected chi connectivity index (χ0v) is 24.5. The molecule has 6 nitrogen and oxygen atoms in total. The molecule has 0 saturated carbocycles. The maximum atomic E-state index is 13.7. The quantitative estimate of drug-likeness (QED) is 0.140. The van der Waals surface area contributed by atoms with Gasteiger partial charge in [0, 0.05) is 31.9 Å². The van der Waals surface area contributed by atoms with Gasteiger partial charge in [0.25, 0.3) is 0 Å². The minimum atomic E-state index is -2.00. The summed E-state index contributed by atoms with van der Waals surface area (Å²) in [5.41, 5.74) is 4.67. The minimum Gasteiger partial charge on any atom is -0.416 e. The van der Waals surface area contributed by atoms with Crippen molar-refractivity contribution in [2.75, 3.05) is 20.0 Å². The highest BCUT2D eigenvalue weighted by Crippen LogP contribution is 2.42. The van der Waals surface area contributed by atoms with Crippen molar-refractivity contribution < 1.29 is 13.6 Å². The fourth-order valence-corrected chi connectivity index (χ4v) is 11.2. The third-order valence-corrected chi connectivity index (χ3v) is 13.5. The molecule has 0 fully saturated rings. The van der Waals surface area contributed by atoms with Gasteiger partial charge in [0.05, 0.1) is 17.1 Å². The maximum absolute atomic E-state index is 13.7. The Morgan fingerprint density at radius 3 is 2.17 bits per heavy atom. The lowest BCUT2D eigenvalue weighted by Crippen LogP contribution is -2.48. The molecule has 3 aromatic rings. The zero-order valence-electron chi connectivity index (χ0n) is 22.7. The van der Waals surface area contributed by atoms with Gasteiger partial charge in [-0.1, -0.05) is 53.3 Å². The first-order chi connectivity index (χ1) is 17.1. The predicted molar refractivity (Wildman–Crippen MR) is 148 cm³/mol. The number of thioether (sulfide) groups is 1. The SMILES string of the molecule is COCn1c(CCO[Si](C(C)C)(C(C)C)C(C)C)nc(-c2ccc(F)cc2)c1-c1ccnc(SC)n1. The average Bonchev–Trinajstić information content (AvgIpc) is 3.19. The molecule has 2 heterocycles. The second-order valence-electron chi connectivity index (χ2n) is 9.92. The summed E-state index contributed by atoms with van der Waals surface area (Å²) in [6.07, 6.45) is 4.34. The van der Waals surface area contributed by atoms with E-state index in [1.54, 1.807) is 25.4 Å². The standard InChI is InChI=1S/C27H39FN4O2SSi/c1-18(2)36(19(3)4,20(5)6)34-16-14-24-31-25(21-9-11-22(28)12-10-21)26(32(24)17-33-7)23-13-15-29-27(30-23)35-8/h9-13,15,18-20H,14,16-17H2,1-8H3. The van der Waals surface area contributed by atoms with Crippen LogP contribution < -0.4 is 0 Å². The molecule has 1 aromatic carbocycles. The van der Waals surface area contributed by atoms with E-state index in [0.717, 1.165) is 28.5 Å². The van der Waals surface area contributed by atoms with Gasteiger partial charge in [0.1, 0.15) is 18.4 Å². The Balaban J connectivity index is 2.08. The number of benzene rings is 1. The van der Waals surface area contributed by atoms with Crippen molar-refractivity contribution in [2.45, 2.75) is 76.5 Å². The van der Waals surface area contributed by atoms with E-state index in [-0.39, 0.29) is 5.82 Å². The van der Waals surface area contributed by atoms with Crippen molar-refractivity contribution in [1.29, 1.82) is 0 Å². The molecule has 0 radical (unpaired) electrons. The average molecular weight is 531 g/mol. The molecule has 0 bridgehead atoms. The van der Waals surface area contributed by atoms with Crippen LogP contribution in [-0.2, 0) is 22.3 Å². The summed E-state index contributed by atoms with van der Waals surface area (Å²) in [6.45, 7) is 14.7. The molecule has 0 aliphatic heterocycles. The van der Waals surface area contributed by atoms with E-state index in [1.165, 1.54) is 23.9 Å². The summed E-state index contributed by atoms with van der Waals surface area (Å²) in [4.78, 5) is 14.1. The smallest absolute Gasteiger partial charge is 0.200 e. The van der Waals surface area contributed by atoms with Gasteiger partial charge < -0.3 is 13.7 Å². The number of ether oxygens (including phenoxy) is 1. The summed E-state index contributed by atoms with van der Waals surface area (Å²) < 4.78 is 28.2. The number of aromatic nitrogens is 4. The fraction of sp³-hybridized carbons (Fsp3) is 0.519. The van der Waals surface area contributed by atoms with Crippen LogP contribution in [0.2, 0.25) is 16.6 Å². The first kappa shape index (κ1) is 28.5. The summed E-state index contributed by atoms with van der Waals surface area (Å²) >= 11 is 1.48. The van der Waals surface area contributed by atoms with Crippen molar-refractivity contribution >= 4 is 20.1 Å². The van der Waals surface area contributed by atoms with E-state index < -0.39 is 8.32 Å². The highest BCUT2D eigenvalue weighted by atomic mass is 32.2. The monoisotopic (exact) mass is 530 g/mol. The van der Waals surface area contributed by atoms with Gasteiger partial charge in [-0.2, -0.15) is 0 Å². The summed E-state index contributed by atoms with van der Waals surface area (Å²) in [7, 11) is -0.334. The summed E-state index contributed by atoms with van der Waals surface area (Å²) in [5, 5.41) is 0.675. The first-order valence-corrected chi connectivity index (χ1v) is 15.9. The molecule has 2 aromatic heterocycles. The zero-order chi connectivity index (χ0) is 26.5. The van der Waals surface area contributed by atoms with E-state index in [0.29, 0.717) is 41.5 Å². The molecular weight excluding hydrogens is 491 g/mol. The van der Waals surface area contributed by atoms with Crippen molar-refractivity contribution in [1.82, 2.24) is 19.5 Å². The van der Waals surface area contributed by atoms with E-state index in [9.17, 15) is 4.39 Å². The highest BCUT2D eigenvalue weighted by Gasteiger charge is 2.44. The Morgan fingerprint density at radius 2 is 1.61 bits per heavy atom. The van der Waals surface area contributed by atoms with Crippen LogP contribution in [0.25, 0.3) is 22.6 Å². The van der Waals surface area contributed by atoms with Gasteiger partial charge in [-0.05, 0) is 53.2 Å². The number of nitrogens with zero attached hydrogens (tertiary/aromatic N) is 4. The van der Waals surface area contributed by atoms with Gasteiger partial charge in [0.15, 0.2) is 13.5 Å². The van der Waals surface area contributed by atoms with E-state index in [2.05, 4.69) is 51.1 Å². The van der Waals surface area contributed by atoms with Crippen LogP contribution in [0.4, 0.5) is 4.39 Å². The normalized spacial score (nSPS) is 12.3. The Kier molecular flexibility index (Phi) is 9.85. The molecular formula is C27H39FN4O2SSi. The molecule has 0 unspecified atom stereocenters. The Bertz CT molecular complexity index is 1110. The van der Waals surface area contributed by atoms with Crippen LogP contribution in [-0.4, -0.2) is 47.8 Å². The molecule has 0 saturated heterocycles. The highest BCUT2D eigenvalue weighted by molar-refractivity contribution is 7.98. The van der Waals surface area contributed by atoms with Gasteiger partial charge in [-0.15, -0.1) is 0 Å². The van der Waals surface area contributed by atoms with Crippen LogP contribution in [0.1, 0.15) is 47.4 Å². The van der Waals surface area contributed by atoms with Crippen LogP contribution in [0.15, 0.2) is 41.7 Å². The predicted octanol–water partition coefficient (Wildman–Crippen LogP) is 7.21. The largest absolute Gasteiger partial charge is 0.416 e. The number of methoxy groups -OCH3 is 1. The molecule has 36 heavy (non-hydrogen) atoms. The number of hydrogen-bond donors (Lipinski definition) is 0. The number of halogens is 1. The summed E-state index contributed by atoms with van der Waals surface area (Å²) in [6, 6.07) is 8.30. The number of imidazole rings is 1. The molecule has 0 amide bonds. The number of hydrogen-bond acceptors (Lipinski definition) is 6. The van der Waals surface area contributed by atoms with Crippen molar-refractivity contribution in [2.24, 2.45) is 0 Å². The Morgan fingerprint density at radius 1 is 0.972 bits per heavy atom. The Hall–Kier alpha value is -2.07. The van der Waals surface area contributed by atoms with Crippen LogP contribution in [0.5, 0.6) is 0 Å². The van der Waals surface area contributed by atoms with Crippen molar-refractivity contribution in [3.8, 4) is 22.6 Å². The van der Waals surface area contributed by atoms with E-state index >= 15 is 0 Å². The van der Waals surface area contributed by atoms with Gasteiger partial charge >= 0.3 is 0 Å². The number of rotatable bonds is 12. The van der Waals surface area contributed by atoms with Crippen LogP contribution in [0.3, 0.4) is 0 Å². The lowest BCUT2D eigenvalue weighted by molar-refractivity contribution is 0.129. The molecule has 9 heteroatoms. The van der Waals surface area contributed by atoms with E-state index in [4.69, 9.17) is 19.1 Å². The van der Waals surface area contributed by atoms with Gasteiger partial charge in [0.2, 0.25) is 0 Å². The minimum absolute atomic E-state index is 0.283. The third kappa shape index (κ3) is 5.90. The Labute approximate surface area is 220 Å². The molecule has 0 N–H and O–H groups in total.